The highest BCUT2D eigenvalue weighted by atomic mass is 16.4. The summed E-state index contributed by atoms with van der Waals surface area (Å²) in [6.45, 7) is 6.04. The maximum atomic E-state index is 12.2. The lowest BCUT2D eigenvalue weighted by atomic mass is 9.74. The van der Waals surface area contributed by atoms with E-state index < -0.39 is 11.4 Å². The largest absolute Gasteiger partial charge is 0.480 e. The van der Waals surface area contributed by atoms with Crippen LogP contribution in [-0.2, 0) is 9.59 Å². The third kappa shape index (κ3) is 4.69. The van der Waals surface area contributed by atoms with Gasteiger partial charge in [0.25, 0.3) is 0 Å². The highest BCUT2D eigenvalue weighted by Gasteiger charge is 2.34. The number of carboxylic acids is 1. The molecule has 4 nitrogen and oxygen atoms in total. The number of hydrogen-bond donors (Lipinski definition) is 2. The van der Waals surface area contributed by atoms with Crippen LogP contribution < -0.4 is 5.32 Å². The van der Waals surface area contributed by atoms with Crippen LogP contribution in [0.15, 0.2) is 12.2 Å². The van der Waals surface area contributed by atoms with E-state index in [1.165, 1.54) is 0 Å². The van der Waals surface area contributed by atoms with Gasteiger partial charge < -0.3 is 10.4 Å². The first-order valence-corrected chi connectivity index (χ1v) is 7.02. The van der Waals surface area contributed by atoms with Gasteiger partial charge in [0.1, 0.15) is 6.54 Å². The van der Waals surface area contributed by atoms with Gasteiger partial charge in [0.05, 0.1) is 0 Å². The van der Waals surface area contributed by atoms with Crippen molar-refractivity contribution in [2.24, 2.45) is 17.3 Å². The second kappa shape index (κ2) is 6.73. The van der Waals surface area contributed by atoms with Crippen molar-refractivity contribution in [2.45, 2.75) is 46.5 Å². The fourth-order valence-corrected chi connectivity index (χ4v) is 2.53. The normalized spacial score (nSPS) is 29.4. The molecule has 0 bridgehead atoms. The summed E-state index contributed by atoms with van der Waals surface area (Å²) in [6, 6.07) is 0. The fourth-order valence-electron chi connectivity index (χ4n) is 2.53. The number of hydrogen-bond acceptors (Lipinski definition) is 2. The maximum absolute atomic E-state index is 12.2. The molecule has 2 unspecified atom stereocenters. The van der Waals surface area contributed by atoms with E-state index in [1.54, 1.807) is 0 Å². The van der Waals surface area contributed by atoms with Gasteiger partial charge in [-0.2, -0.15) is 0 Å². The minimum atomic E-state index is -0.997. The Morgan fingerprint density at radius 1 is 1.42 bits per heavy atom. The molecule has 4 heteroatoms. The standard InChI is InChI=1S/C15H25NO3/c1-11(2)12-6-4-5-8-15(3,9-7-12)14(19)16-10-13(17)18/h4,6,11-12H,5,7-10H2,1-3H3,(H,16,19)(H,17,18)/b6-4+. The van der Waals surface area contributed by atoms with Crippen LogP contribution in [0.1, 0.15) is 46.5 Å². The minimum Gasteiger partial charge on any atom is -0.480 e. The van der Waals surface area contributed by atoms with Gasteiger partial charge in [-0.15, -0.1) is 0 Å². The van der Waals surface area contributed by atoms with Crippen molar-refractivity contribution >= 4 is 11.9 Å². The van der Waals surface area contributed by atoms with E-state index in [0.717, 1.165) is 25.7 Å². The summed E-state index contributed by atoms with van der Waals surface area (Å²) >= 11 is 0. The number of amides is 1. The van der Waals surface area contributed by atoms with Crippen LogP contribution in [0.4, 0.5) is 0 Å². The lowest BCUT2D eigenvalue weighted by Gasteiger charge is -2.31. The molecule has 0 aromatic rings. The summed E-state index contributed by atoms with van der Waals surface area (Å²) in [4.78, 5) is 22.7. The molecule has 1 amide bonds. The van der Waals surface area contributed by atoms with Gasteiger partial charge in [-0.1, -0.05) is 32.9 Å². The first kappa shape index (κ1) is 15.7. The Morgan fingerprint density at radius 2 is 2.11 bits per heavy atom. The SMILES string of the molecule is CC(C)C1/C=C/CCC(C)(C(=O)NCC(=O)O)CC1. The van der Waals surface area contributed by atoms with E-state index in [0.29, 0.717) is 11.8 Å². The van der Waals surface area contributed by atoms with Crippen LogP contribution in [0, 0.1) is 17.3 Å². The number of aliphatic carboxylic acids is 1. The van der Waals surface area contributed by atoms with Crippen molar-refractivity contribution in [2.75, 3.05) is 6.54 Å². The Bertz CT molecular complexity index is 362. The molecule has 0 saturated heterocycles. The second-order valence-corrected chi connectivity index (χ2v) is 6.05. The van der Waals surface area contributed by atoms with E-state index in [9.17, 15) is 9.59 Å². The van der Waals surface area contributed by atoms with Crippen LogP contribution in [0.25, 0.3) is 0 Å². The smallest absolute Gasteiger partial charge is 0.322 e. The van der Waals surface area contributed by atoms with Gasteiger partial charge in [0.15, 0.2) is 0 Å². The molecule has 0 radical (unpaired) electrons. The van der Waals surface area contributed by atoms with E-state index in [1.807, 2.05) is 6.92 Å². The number of carbonyl (C=O) groups excluding carboxylic acids is 1. The van der Waals surface area contributed by atoms with Crippen molar-refractivity contribution < 1.29 is 14.7 Å². The average molecular weight is 267 g/mol. The molecule has 0 aliphatic heterocycles. The molecular formula is C15H25NO3. The highest BCUT2D eigenvalue weighted by molar-refractivity contribution is 5.85. The summed E-state index contributed by atoms with van der Waals surface area (Å²) < 4.78 is 0. The Morgan fingerprint density at radius 3 is 2.68 bits per heavy atom. The molecule has 0 aromatic heterocycles. The van der Waals surface area contributed by atoms with Gasteiger partial charge in [0, 0.05) is 5.41 Å². The zero-order chi connectivity index (χ0) is 14.5. The second-order valence-electron chi connectivity index (χ2n) is 6.05. The molecule has 0 spiro atoms. The first-order chi connectivity index (χ1) is 8.85. The molecule has 0 fully saturated rings. The lowest BCUT2D eigenvalue weighted by Crippen LogP contribution is -2.41. The monoisotopic (exact) mass is 267 g/mol. The third-order valence-corrected chi connectivity index (χ3v) is 4.08. The number of carbonyl (C=O) groups is 2. The van der Waals surface area contributed by atoms with Crippen LogP contribution >= 0.6 is 0 Å². The molecule has 2 N–H and O–H groups in total. The molecular weight excluding hydrogens is 242 g/mol. The van der Waals surface area contributed by atoms with Gasteiger partial charge in [-0.05, 0) is 37.5 Å². The summed E-state index contributed by atoms with van der Waals surface area (Å²) in [6.07, 6.45) is 7.86. The van der Waals surface area contributed by atoms with Crippen molar-refractivity contribution in [3.05, 3.63) is 12.2 Å². The quantitative estimate of drug-likeness (QED) is 0.769. The predicted molar refractivity (Wildman–Crippen MR) is 74.7 cm³/mol. The molecule has 1 rings (SSSR count). The fraction of sp³-hybridized carbons (Fsp3) is 0.733. The van der Waals surface area contributed by atoms with Crippen molar-refractivity contribution in [3.8, 4) is 0 Å². The molecule has 1 aliphatic carbocycles. The van der Waals surface area contributed by atoms with Gasteiger partial charge in [0.2, 0.25) is 5.91 Å². The first-order valence-electron chi connectivity index (χ1n) is 7.02. The Kier molecular flexibility index (Phi) is 5.58. The number of carboxylic acid groups (broad SMARTS) is 1. The van der Waals surface area contributed by atoms with E-state index >= 15 is 0 Å². The van der Waals surface area contributed by atoms with Crippen LogP contribution in [-0.4, -0.2) is 23.5 Å². The lowest BCUT2D eigenvalue weighted by molar-refractivity contribution is -0.140. The number of nitrogens with one attached hydrogen (secondary N) is 1. The summed E-state index contributed by atoms with van der Waals surface area (Å²) in [5.74, 6) is -0.0527. The van der Waals surface area contributed by atoms with E-state index in [-0.39, 0.29) is 12.5 Å². The summed E-state index contributed by atoms with van der Waals surface area (Å²) in [5.41, 5.74) is -0.451. The van der Waals surface area contributed by atoms with Crippen LogP contribution in [0.2, 0.25) is 0 Å². The molecule has 19 heavy (non-hydrogen) atoms. The van der Waals surface area contributed by atoms with Gasteiger partial charge in [-0.3, -0.25) is 9.59 Å². The molecule has 1 aliphatic rings. The van der Waals surface area contributed by atoms with Crippen molar-refractivity contribution in [1.29, 1.82) is 0 Å². The third-order valence-electron chi connectivity index (χ3n) is 4.08. The Balaban J connectivity index is 2.67. The minimum absolute atomic E-state index is 0.132. The van der Waals surface area contributed by atoms with E-state index in [4.69, 9.17) is 5.11 Å². The van der Waals surface area contributed by atoms with Crippen LogP contribution in [0.3, 0.4) is 0 Å². The van der Waals surface area contributed by atoms with Crippen molar-refractivity contribution in [3.63, 3.8) is 0 Å². The average Bonchev–Trinajstić information content (AvgIpc) is 2.31. The molecule has 0 heterocycles. The zero-order valence-electron chi connectivity index (χ0n) is 12.1. The van der Waals surface area contributed by atoms with Gasteiger partial charge >= 0.3 is 5.97 Å². The van der Waals surface area contributed by atoms with Crippen LogP contribution in [0.5, 0.6) is 0 Å². The summed E-state index contributed by atoms with van der Waals surface area (Å²) in [7, 11) is 0. The summed E-state index contributed by atoms with van der Waals surface area (Å²) in [5, 5.41) is 11.2. The molecule has 108 valence electrons. The highest BCUT2D eigenvalue weighted by Crippen LogP contribution is 2.35. The topological polar surface area (TPSA) is 66.4 Å². The Labute approximate surface area is 115 Å². The molecule has 0 saturated carbocycles. The van der Waals surface area contributed by atoms with Crippen molar-refractivity contribution in [1.82, 2.24) is 5.32 Å². The number of allylic oxidation sites excluding steroid dienone is 2. The molecule has 2 atom stereocenters. The maximum Gasteiger partial charge on any atom is 0.322 e. The van der Waals surface area contributed by atoms with Gasteiger partial charge in [-0.25, -0.2) is 0 Å². The number of rotatable bonds is 4. The Hall–Kier alpha value is -1.32. The zero-order valence-corrected chi connectivity index (χ0v) is 12.1. The predicted octanol–water partition coefficient (Wildman–Crippen LogP) is 2.60. The van der Waals surface area contributed by atoms with E-state index in [2.05, 4.69) is 31.3 Å². The molecule has 0 aromatic carbocycles.